The van der Waals surface area contributed by atoms with Crippen molar-refractivity contribution in [3.63, 3.8) is 0 Å². The van der Waals surface area contributed by atoms with Gasteiger partial charge in [-0.25, -0.2) is 4.98 Å². The van der Waals surface area contributed by atoms with Gasteiger partial charge in [0.15, 0.2) is 12.6 Å². The largest absolute Gasteiger partial charge is 0.296 e. The van der Waals surface area contributed by atoms with E-state index >= 15 is 0 Å². The highest BCUT2D eigenvalue weighted by Gasteiger charge is 2.17. The van der Waals surface area contributed by atoms with Crippen LogP contribution in [0.5, 0.6) is 0 Å². The van der Waals surface area contributed by atoms with Crippen molar-refractivity contribution in [2.45, 2.75) is 34.6 Å². The second-order valence-corrected chi connectivity index (χ2v) is 4.99. The van der Waals surface area contributed by atoms with Gasteiger partial charge in [-0.05, 0) is 67.8 Å². The lowest BCUT2D eigenvalue weighted by Gasteiger charge is -2.17. The Bertz CT molecular complexity index is 715. The maximum atomic E-state index is 11.3. The zero-order chi connectivity index (χ0) is 14.3. The van der Waals surface area contributed by atoms with Crippen molar-refractivity contribution in [1.82, 2.24) is 4.98 Å². The number of fused-ring (bicyclic) bond motifs is 1. The third-order valence-electron chi connectivity index (χ3n) is 4.17. The summed E-state index contributed by atoms with van der Waals surface area (Å²) in [5, 5.41) is 1.86. The van der Waals surface area contributed by atoms with Crippen molar-refractivity contribution >= 4 is 23.3 Å². The minimum absolute atomic E-state index is 0.348. The van der Waals surface area contributed by atoms with Crippen LogP contribution in [0.4, 0.5) is 0 Å². The van der Waals surface area contributed by atoms with E-state index in [1.54, 1.807) is 0 Å². The molecule has 0 atom stereocenters. The maximum absolute atomic E-state index is 11.3. The molecule has 1 heterocycles. The Hall–Kier alpha value is -2.03. The van der Waals surface area contributed by atoms with Gasteiger partial charge < -0.3 is 0 Å². The van der Waals surface area contributed by atoms with Crippen LogP contribution in [0.3, 0.4) is 0 Å². The van der Waals surface area contributed by atoms with Gasteiger partial charge in [0, 0.05) is 5.39 Å². The van der Waals surface area contributed by atoms with Gasteiger partial charge in [-0.1, -0.05) is 0 Å². The number of aldehydes is 2. The molecular formula is C16H17NO2. The van der Waals surface area contributed by atoms with Gasteiger partial charge in [0.2, 0.25) is 0 Å². The number of nitrogens with zero attached hydrogens (tertiary/aromatic N) is 1. The molecule has 0 bridgehead atoms. The Morgan fingerprint density at radius 1 is 0.632 bits per heavy atom. The van der Waals surface area contributed by atoms with Gasteiger partial charge in [-0.2, -0.15) is 0 Å². The molecule has 0 fully saturated rings. The summed E-state index contributed by atoms with van der Waals surface area (Å²) in [7, 11) is 0. The first-order valence-electron chi connectivity index (χ1n) is 6.25. The molecule has 98 valence electrons. The lowest BCUT2D eigenvalue weighted by Crippen LogP contribution is -2.05. The highest BCUT2D eigenvalue weighted by molar-refractivity contribution is 6.04. The molecule has 0 N–H and O–H groups in total. The molecule has 0 aliphatic heterocycles. The smallest absolute Gasteiger partial charge is 0.169 e. The minimum atomic E-state index is 0.348. The number of hydrogen-bond acceptors (Lipinski definition) is 3. The Morgan fingerprint density at radius 3 is 1.58 bits per heavy atom. The van der Waals surface area contributed by atoms with Crippen molar-refractivity contribution in [2.24, 2.45) is 0 Å². The van der Waals surface area contributed by atoms with E-state index < -0.39 is 0 Å². The van der Waals surface area contributed by atoms with Gasteiger partial charge in [0.1, 0.15) is 11.4 Å². The van der Waals surface area contributed by atoms with Crippen LogP contribution >= 0.6 is 0 Å². The van der Waals surface area contributed by atoms with Crippen LogP contribution in [-0.4, -0.2) is 17.6 Å². The fourth-order valence-electron chi connectivity index (χ4n) is 2.70. The van der Waals surface area contributed by atoms with E-state index in [4.69, 9.17) is 0 Å². The zero-order valence-electron chi connectivity index (χ0n) is 11.9. The molecular weight excluding hydrogens is 238 g/mol. The summed E-state index contributed by atoms with van der Waals surface area (Å²) in [4.78, 5) is 26.6. The lowest BCUT2D eigenvalue weighted by atomic mass is 9.88. The van der Waals surface area contributed by atoms with Crippen molar-refractivity contribution in [3.05, 3.63) is 39.2 Å². The van der Waals surface area contributed by atoms with E-state index in [1.165, 1.54) is 11.1 Å². The molecule has 3 heteroatoms. The summed E-state index contributed by atoms with van der Waals surface area (Å²) < 4.78 is 0. The number of carbonyl (C=O) groups is 2. The molecule has 0 radical (unpaired) electrons. The van der Waals surface area contributed by atoms with E-state index in [1.807, 2.05) is 20.8 Å². The zero-order valence-corrected chi connectivity index (χ0v) is 11.9. The average Bonchev–Trinajstić information content (AvgIpc) is 2.42. The van der Waals surface area contributed by atoms with Crippen LogP contribution < -0.4 is 0 Å². The van der Waals surface area contributed by atoms with Gasteiger partial charge in [-0.15, -0.1) is 0 Å². The molecule has 0 saturated heterocycles. The molecule has 2 aromatic rings. The second-order valence-electron chi connectivity index (χ2n) is 4.99. The second kappa shape index (κ2) is 4.57. The Labute approximate surface area is 112 Å². The quantitative estimate of drug-likeness (QED) is 0.773. The van der Waals surface area contributed by atoms with E-state index in [0.29, 0.717) is 17.7 Å². The number of rotatable bonds is 2. The molecule has 19 heavy (non-hydrogen) atoms. The predicted molar refractivity (Wildman–Crippen MR) is 76.2 cm³/mol. The standard InChI is InChI=1S/C16H17NO2/c1-8-9(2)11(4)16-14(7-19)17-13(6-18)12(5)15(16)10(8)3/h6-7H,1-5H3. The summed E-state index contributed by atoms with van der Waals surface area (Å²) in [6.45, 7) is 10.0. The fraction of sp³-hybridized carbons (Fsp3) is 0.312. The van der Waals surface area contributed by atoms with Crippen LogP contribution in [0.25, 0.3) is 10.8 Å². The van der Waals surface area contributed by atoms with Gasteiger partial charge >= 0.3 is 0 Å². The lowest BCUT2D eigenvalue weighted by molar-refractivity contribution is 0.111. The summed E-state index contributed by atoms with van der Waals surface area (Å²) in [6, 6.07) is 0. The number of carbonyl (C=O) groups excluding carboxylic acids is 2. The molecule has 0 spiro atoms. The van der Waals surface area contributed by atoms with Crippen LogP contribution in [-0.2, 0) is 0 Å². The first-order chi connectivity index (χ1) is 8.93. The molecule has 3 nitrogen and oxygen atoms in total. The molecule has 1 aromatic heterocycles. The maximum Gasteiger partial charge on any atom is 0.169 e. The Balaban J connectivity index is 3.19. The molecule has 1 aromatic carbocycles. The minimum Gasteiger partial charge on any atom is -0.296 e. The highest BCUT2D eigenvalue weighted by atomic mass is 16.1. The van der Waals surface area contributed by atoms with E-state index in [0.717, 1.165) is 33.7 Å². The van der Waals surface area contributed by atoms with Gasteiger partial charge in [-0.3, -0.25) is 9.59 Å². The van der Waals surface area contributed by atoms with Crippen molar-refractivity contribution in [1.29, 1.82) is 0 Å². The van der Waals surface area contributed by atoms with Crippen LogP contribution in [0.15, 0.2) is 0 Å². The highest BCUT2D eigenvalue weighted by Crippen LogP contribution is 2.33. The summed E-state index contributed by atoms with van der Waals surface area (Å²) >= 11 is 0. The molecule has 0 amide bonds. The molecule has 0 aliphatic rings. The van der Waals surface area contributed by atoms with Crippen molar-refractivity contribution < 1.29 is 9.59 Å². The SMILES string of the molecule is Cc1c(C)c(C)c2c(C)c(C=O)nc(C=O)c2c1C. The average molecular weight is 255 g/mol. The molecule has 0 aliphatic carbocycles. The molecule has 0 saturated carbocycles. The van der Waals surface area contributed by atoms with Gasteiger partial charge in [0.25, 0.3) is 0 Å². The van der Waals surface area contributed by atoms with E-state index in [2.05, 4.69) is 18.8 Å². The summed E-state index contributed by atoms with van der Waals surface area (Å²) in [5.41, 5.74) is 6.10. The van der Waals surface area contributed by atoms with Gasteiger partial charge in [0.05, 0.1) is 0 Å². The predicted octanol–water partition coefficient (Wildman–Crippen LogP) is 3.40. The molecule has 0 unspecified atom stereocenters. The van der Waals surface area contributed by atoms with E-state index in [9.17, 15) is 9.59 Å². The van der Waals surface area contributed by atoms with Crippen LogP contribution in [0, 0.1) is 34.6 Å². The number of benzene rings is 1. The summed E-state index contributed by atoms with van der Waals surface area (Å²) in [5.74, 6) is 0. The van der Waals surface area contributed by atoms with Crippen LogP contribution in [0.1, 0.15) is 48.8 Å². The van der Waals surface area contributed by atoms with E-state index in [-0.39, 0.29) is 0 Å². The fourth-order valence-corrected chi connectivity index (χ4v) is 2.70. The Kier molecular flexibility index (Phi) is 3.23. The third-order valence-corrected chi connectivity index (χ3v) is 4.17. The number of hydrogen-bond donors (Lipinski definition) is 0. The summed E-state index contributed by atoms with van der Waals surface area (Å²) in [6.07, 6.45) is 1.45. The number of aryl methyl sites for hydroxylation is 3. The Morgan fingerprint density at radius 2 is 1.11 bits per heavy atom. The van der Waals surface area contributed by atoms with Crippen molar-refractivity contribution in [2.75, 3.05) is 0 Å². The first kappa shape index (κ1) is 13.4. The third kappa shape index (κ3) is 1.77. The molecule has 2 rings (SSSR count). The number of pyridine rings is 1. The van der Waals surface area contributed by atoms with Crippen molar-refractivity contribution in [3.8, 4) is 0 Å². The monoisotopic (exact) mass is 255 g/mol. The van der Waals surface area contributed by atoms with Crippen LogP contribution in [0.2, 0.25) is 0 Å². The first-order valence-corrected chi connectivity index (χ1v) is 6.25. The normalized spacial score (nSPS) is 10.8. The number of aromatic nitrogens is 1. The topological polar surface area (TPSA) is 47.0 Å².